The Bertz CT molecular complexity index is 1040. The van der Waals surface area contributed by atoms with Crippen LogP contribution in [0.5, 0.6) is 11.5 Å². The summed E-state index contributed by atoms with van der Waals surface area (Å²) in [6, 6.07) is 8.20. The van der Waals surface area contributed by atoms with Gasteiger partial charge >= 0.3 is 0 Å². The van der Waals surface area contributed by atoms with Gasteiger partial charge in [0.05, 0.1) is 22.8 Å². The number of ether oxygens (including phenoxy) is 2. The summed E-state index contributed by atoms with van der Waals surface area (Å²) in [5.74, 6) is 0.870. The first-order chi connectivity index (χ1) is 12.8. The maximum atomic E-state index is 12.7. The van der Waals surface area contributed by atoms with Crippen LogP contribution in [0.3, 0.4) is 0 Å². The molecule has 0 atom stereocenters. The Morgan fingerprint density at radius 2 is 1.89 bits per heavy atom. The van der Waals surface area contributed by atoms with Crippen molar-refractivity contribution >= 4 is 45.4 Å². The van der Waals surface area contributed by atoms with Crippen LogP contribution < -0.4 is 24.8 Å². The molecule has 1 fully saturated rings. The number of fused-ring (bicyclic) bond motifs is 1. The SMILES string of the molecule is Cc1cc(N2CCCS2(=O)=O)ccc1C(=O)Nc1cc2c(cc1N)OCO2.Cl. The number of nitrogen functional groups attached to an aromatic ring is 1. The Hall–Kier alpha value is -2.65. The highest BCUT2D eigenvalue weighted by atomic mass is 35.5. The van der Waals surface area contributed by atoms with Gasteiger partial charge < -0.3 is 20.5 Å². The number of sulfonamides is 1. The first kappa shape index (κ1) is 20.1. The van der Waals surface area contributed by atoms with E-state index >= 15 is 0 Å². The lowest BCUT2D eigenvalue weighted by atomic mass is 10.1. The van der Waals surface area contributed by atoms with Crippen molar-refractivity contribution in [2.24, 2.45) is 0 Å². The lowest BCUT2D eigenvalue weighted by Gasteiger charge is -2.18. The molecule has 2 aliphatic rings. The predicted octanol–water partition coefficient (Wildman–Crippen LogP) is 2.52. The van der Waals surface area contributed by atoms with Gasteiger partial charge in [0.1, 0.15) is 0 Å². The van der Waals surface area contributed by atoms with Crippen LogP contribution in [-0.2, 0) is 10.0 Å². The van der Waals surface area contributed by atoms with E-state index in [9.17, 15) is 13.2 Å². The molecule has 0 radical (unpaired) electrons. The molecule has 10 heteroatoms. The number of nitrogens with zero attached hydrogens (tertiary/aromatic N) is 1. The first-order valence-electron chi connectivity index (χ1n) is 8.47. The fourth-order valence-corrected chi connectivity index (χ4v) is 4.80. The quantitative estimate of drug-likeness (QED) is 0.731. The molecule has 1 amide bonds. The third-order valence-corrected chi connectivity index (χ3v) is 6.50. The molecule has 28 heavy (non-hydrogen) atoms. The van der Waals surface area contributed by atoms with E-state index in [1.165, 1.54) is 4.31 Å². The number of hydrogen-bond acceptors (Lipinski definition) is 6. The summed E-state index contributed by atoms with van der Waals surface area (Å²) in [4.78, 5) is 12.7. The molecule has 2 heterocycles. The topological polar surface area (TPSA) is 111 Å². The summed E-state index contributed by atoms with van der Waals surface area (Å²) in [6.45, 7) is 2.34. The molecule has 3 N–H and O–H groups in total. The zero-order valence-electron chi connectivity index (χ0n) is 15.1. The number of carbonyl (C=O) groups is 1. The molecule has 2 aliphatic heterocycles. The van der Waals surface area contributed by atoms with Crippen molar-refractivity contribution in [2.75, 3.05) is 34.4 Å². The molecule has 4 rings (SSSR count). The van der Waals surface area contributed by atoms with Gasteiger partial charge in [-0.1, -0.05) is 0 Å². The second-order valence-corrected chi connectivity index (χ2v) is 8.50. The second-order valence-electron chi connectivity index (χ2n) is 6.49. The molecule has 2 aromatic carbocycles. The van der Waals surface area contributed by atoms with Crippen molar-refractivity contribution in [3.8, 4) is 11.5 Å². The Labute approximate surface area is 169 Å². The van der Waals surface area contributed by atoms with Crippen molar-refractivity contribution in [1.29, 1.82) is 0 Å². The molecule has 0 bridgehead atoms. The molecule has 0 spiro atoms. The van der Waals surface area contributed by atoms with Crippen molar-refractivity contribution in [1.82, 2.24) is 0 Å². The number of rotatable bonds is 3. The van der Waals surface area contributed by atoms with Gasteiger partial charge in [-0.15, -0.1) is 12.4 Å². The lowest BCUT2D eigenvalue weighted by Crippen LogP contribution is -2.25. The number of carbonyl (C=O) groups excluding carboxylic acids is 1. The number of aryl methyl sites for hydroxylation is 1. The fraction of sp³-hybridized carbons (Fsp3) is 0.278. The van der Waals surface area contributed by atoms with Gasteiger partial charge in [0.2, 0.25) is 16.8 Å². The van der Waals surface area contributed by atoms with Crippen LogP contribution in [0, 0.1) is 6.92 Å². The van der Waals surface area contributed by atoms with Gasteiger partial charge in [-0.25, -0.2) is 8.42 Å². The summed E-state index contributed by atoms with van der Waals surface area (Å²) < 4.78 is 36.1. The Morgan fingerprint density at radius 1 is 1.18 bits per heavy atom. The van der Waals surface area contributed by atoms with Crippen molar-refractivity contribution in [2.45, 2.75) is 13.3 Å². The molecule has 150 valence electrons. The first-order valence-corrected chi connectivity index (χ1v) is 10.1. The minimum absolute atomic E-state index is 0. The van der Waals surface area contributed by atoms with Gasteiger partial charge in [-0.05, 0) is 37.1 Å². The normalized spacial score (nSPS) is 16.5. The number of benzene rings is 2. The second kappa shape index (κ2) is 7.40. The molecular weight excluding hydrogens is 406 g/mol. The van der Waals surface area contributed by atoms with E-state index in [1.54, 1.807) is 37.3 Å². The maximum absolute atomic E-state index is 12.7. The maximum Gasteiger partial charge on any atom is 0.255 e. The summed E-state index contributed by atoms with van der Waals surface area (Å²) in [7, 11) is -3.26. The number of nitrogens with one attached hydrogen (secondary N) is 1. The van der Waals surface area contributed by atoms with E-state index in [2.05, 4.69) is 5.32 Å². The zero-order chi connectivity index (χ0) is 19.2. The van der Waals surface area contributed by atoms with Crippen molar-refractivity contribution < 1.29 is 22.7 Å². The van der Waals surface area contributed by atoms with Crippen LogP contribution >= 0.6 is 12.4 Å². The minimum Gasteiger partial charge on any atom is -0.454 e. The van der Waals surface area contributed by atoms with E-state index in [0.29, 0.717) is 52.7 Å². The highest BCUT2D eigenvalue weighted by Crippen LogP contribution is 2.38. The highest BCUT2D eigenvalue weighted by molar-refractivity contribution is 7.93. The van der Waals surface area contributed by atoms with E-state index < -0.39 is 10.0 Å². The van der Waals surface area contributed by atoms with Crippen LogP contribution in [0.2, 0.25) is 0 Å². The van der Waals surface area contributed by atoms with E-state index in [4.69, 9.17) is 15.2 Å². The summed E-state index contributed by atoms with van der Waals surface area (Å²) in [6.07, 6.45) is 0.604. The molecule has 0 aliphatic carbocycles. The minimum atomic E-state index is -3.26. The number of halogens is 1. The number of amides is 1. The van der Waals surface area contributed by atoms with Gasteiger partial charge in [-0.2, -0.15) is 0 Å². The van der Waals surface area contributed by atoms with Gasteiger partial charge in [0.15, 0.2) is 11.5 Å². The van der Waals surface area contributed by atoms with Crippen LogP contribution in [0.4, 0.5) is 17.1 Å². The van der Waals surface area contributed by atoms with Gasteiger partial charge in [0, 0.05) is 24.2 Å². The number of anilines is 3. The average Bonchev–Trinajstić information content (AvgIpc) is 3.20. The lowest BCUT2D eigenvalue weighted by molar-refractivity contribution is 0.102. The van der Waals surface area contributed by atoms with Gasteiger partial charge in [0.25, 0.3) is 5.91 Å². The van der Waals surface area contributed by atoms with Crippen LogP contribution in [0.15, 0.2) is 30.3 Å². The third kappa shape index (κ3) is 3.55. The molecule has 0 saturated carbocycles. The summed E-state index contributed by atoms with van der Waals surface area (Å²) in [5, 5.41) is 2.77. The van der Waals surface area contributed by atoms with Crippen molar-refractivity contribution in [3.05, 3.63) is 41.5 Å². The Balaban J connectivity index is 0.00000225. The Morgan fingerprint density at radius 3 is 2.54 bits per heavy atom. The fourth-order valence-electron chi connectivity index (χ4n) is 3.24. The van der Waals surface area contributed by atoms with Crippen LogP contribution in [-0.4, -0.2) is 33.4 Å². The van der Waals surface area contributed by atoms with E-state index in [1.807, 2.05) is 0 Å². The largest absolute Gasteiger partial charge is 0.454 e. The smallest absolute Gasteiger partial charge is 0.255 e. The van der Waals surface area contributed by atoms with E-state index in [0.717, 1.165) is 0 Å². The predicted molar refractivity (Wildman–Crippen MR) is 109 cm³/mol. The highest BCUT2D eigenvalue weighted by Gasteiger charge is 2.29. The molecule has 8 nitrogen and oxygen atoms in total. The molecule has 2 aromatic rings. The number of hydrogen-bond donors (Lipinski definition) is 2. The van der Waals surface area contributed by atoms with E-state index in [-0.39, 0.29) is 30.9 Å². The summed E-state index contributed by atoms with van der Waals surface area (Å²) in [5.41, 5.74) is 8.45. The Kier molecular flexibility index (Phi) is 5.31. The summed E-state index contributed by atoms with van der Waals surface area (Å²) >= 11 is 0. The molecule has 1 saturated heterocycles. The number of nitrogens with two attached hydrogens (primary N) is 1. The van der Waals surface area contributed by atoms with Crippen LogP contribution in [0.1, 0.15) is 22.3 Å². The molecule has 0 aromatic heterocycles. The average molecular weight is 426 g/mol. The molecule has 0 unspecified atom stereocenters. The zero-order valence-corrected chi connectivity index (χ0v) is 16.7. The molecular formula is C18H20ClN3O5S. The third-order valence-electron chi connectivity index (χ3n) is 4.63. The monoisotopic (exact) mass is 425 g/mol. The van der Waals surface area contributed by atoms with Crippen molar-refractivity contribution in [3.63, 3.8) is 0 Å². The standard InChI is InChI=1S/C18H19N3O5S.ClH/c1-11-7-12(21-5-2-6-27(21,23)24)3-4-13(11)18(22)20-15-9-17-16(8-14(15)19)25-10-26-17;/h3-4,7-9H,2,5-6,10,19H2,1H3,(H,20,22);1H. The van der Waals surface area contributed by atoms with Gasteiger partial charge in [-0.3, -0.25) is 9.10 Å². The van der Waals surface area contributed by atoms with Crippen LogP contribution in [0.25, 0.3) is 0 Å².